The molecule has 1 aromatic carbocycles. The molecule has 2 amide bonds. The molecule has 5 nitrogen and oxygen atoms in total. The number of hydrogen-bond donors (Lipinski definition) is 1. The number of halogens is 1. The van der Waals surface area contributed by atoms with E-state index in [4.69, 9.17) is 16.3 Å². The number of nitrogens with one attached hydrogen (secondary N) is 1. The van der Waals surface area contributed by atoms with Crippen molar-refractivity contribution in [3.63, 3.8) is 0 Å². The number of amides is 2. The van der Waals surface area contributed by atoms with Crippen LogP contribution < -0.4 is 5.32 Å². The SMILES string of the molecule is CCOC(=O)C1CCCN1C(=O)Nc1cccc(Cl)c1. The molecule has 1 fully saturated rings. The summed E-state index contributed by atoms with van der Waals surface area (Å²) in [5.41, 5.74) is 0.608. The van der Waals surface area contributed by atoms with Crippen LogP contribution in [0.4, 0.5) is 10.5 Å². The van der Waals surface area contributed by atoms with Gasteiger partial charge in [0.15, 0.2) is 0 Å². The van der Waals surface area contributed by atoms with E-state index in [1.807, 2.05) is 0 Å². The maximum atomic E-state index is 12.2. The zero-order chi connectivity index (χ0) is 14.5. The summed E-state index contributed by atoms with van der Waals surface area (Å²) in [6, 6.07) is 6.10. The summed E-state index contributed by atoms with van der Waals surface area (Å²) in [5, 5.41) is 3.29. The predicted octanol–water partition coefficient (Wildman–Crippen LogP) is 2.90. The number of carbonyl (C=O) groups is 2. The van der Waals surface area contributed by atoms with Crippen molar-refractivity contribution >= 4 is 29.3 Å². The first-order chi connectivity index (χ1) is 9.61. The average Bonchev–Trinajstić information content (AvgIpc) is 2.88. The zero-order valence-electron chi connectivity index (χ0n) is 11.3. The van der Waals surface area contributed by atoms with E-state index in [0.717, 1.165) is 6.42 Å². The molecule has 0 bridgehead atoms. The Hall–Kier alpha value is -1.75. The highest BCUT2D eigenvalue weighted by Gasteiger charge is 2.35. The summed E-state index contributed by atoms with van der Waals surface area (Å²) in [4.78, 5) is 25.5. The number of esters is 1. The summed E-state index contributed by atoms with van der Waals surface area (Å²) in [5.74, 6) is -0.341. The fraction of sp³-hybridized carbons (Fsp3) is 0.429. The minimum absolute atomic E-state index is 0.303. The molecule has 2 rings (SSSR count). The number of hydrogen-bond acceptors (Lipinski definition) is 3. The van der Waals surface area contributed by atoms with Gasteiger partial charge in [0.1, 0.15) is 6.04 Å². The summed E-state index contributed by atoms with van der Waals surface area (Å²) in [6.07, 6.45) is 1.44. The monoisotopic (exact) mass is 296 g/mol. The Morgan fingerprint density at radius 3 is 3.00 bits per heavy atom. The van der Waals surface area contributed by atoms with Crippen LogP contribution in [0.3, 0.4) is 0 Å². The van der Waals surface area contributed by atoms with Gasteiger partial charge in [-0.2, -0.15) is 0 Å². The average molecular weight is 297 g/mol. The third-order valence-corrected chi connectivity index (χ3v) is 3.38. The molecular weight excluding hydrogens is 280 g/mol. The van der Waals surface area contributed by atoms with Crippen LogP contribution in [-0.2, 0) is 9.53 Å². The van der Waals surface area contributed by atoms with E-state index in [0.29, 0.717) is 30.3 Å². The third kappa shape index (κ3) is 3.42. The Kier molecular flexibility index (Phi) is 4.84. The Labute approximate surface area is 122 Å². The second-order valence-corrected chi connectivity index (χ2v) is 4.98. The molecule has 0 spiro atoms. The molecule has 1 atom stereocenters. The van der Waals surface area contributed by atoms with E-state index >= 15 is 0 Å². The van der Waals surface area contributed by atoms with Gasteiger partial charge in [0.05, 0.1) is 6.61 Å². The maximum Gasteiger partial charge on any atom is 0.328 e. The van der Waals surface area contributed by atoms with Crippen LogP contribution in [0.5, 0.6) is 0 Å². The van der Waals surface area contributed by atoms with Crippen LogP contribution >= 0.6 is 11.6 Å². The van der Waals surface area contributed by atoms with Crippen molar-refractivity contribution in [1.82, 2.24) is 4.90 Å². The largest absolute Gasteiger partial charge is 0.464 e. The van der Waals surface area contributed by atoms with Crippen molar-refractivity contribution in [2.24, 2.45) is 0 Å². The van der Waals surface area contributed by atoms with Gasteiger partial charge in [0, 0.05) is 17.3 Å². The highest BCUT2D eigenvalue weighted by atomic mass is 35.5. The summed E-state index contributed by atoms with van der Waals surface area (Å²) >= 11 is 5.87. The van der Waals surface area contributed by atoms with Gasteiger partial charge in [0.25, 0.3) is 0 Å². The standard InChI is InChI=1S/C14H17ClN2O3/c1-2-20-13(18)12-7-4-8-17(12)14(19)16-11-6-3-5-10(15)9-11/h3,5-6,9,12H,2,4,7-8H2,1H3,(H,16,19). The Balaban J connectivity index is 2.02. The number of carbonyl (C=O) groups excluding carboxylic acids is 2. The molecule has 1 unspecified atom stereocenters. The fourth-order valence-corrected chi connectivity index (χ4v) is 2.45. The summed E-state index contributed by atoms with van der Waals surface area (Å²) in [6.45, 7) is 2.62. The molecule has 1 aliphatic heterocycles. The lowest BCUT2D eigenvalue weighted by Gasteiger charge is -2.23. The normalized spacial score (nSPS) is 17.9. The van der Waals surface area contributed by atoms with Crippen LogP contribution in [0, 0.1) is 0 Å². The Morgan fingerprint density at radius 1 is 1.50 bits per heavy atom. The Morgan fingerprint density at radius 2 is 2.30 bits per heavy atom. The predicted molar refractivity (Wildman–Crippen MR) is 76.8 cm³/mol. The van der Waals surface area contributed by atoms with Crippen LogP contribution in [0.25, 0.3) is 0 Å². The van der Waals surface area contributed by atoms with Gasteiger partial charge in [0.2, 0.25) is 0 Å². The van der Waals surface area contributed by atoms with E-state index in [2.05, 4.69) is 5.32 Å². The fourth-order valence-electron chi connectivity index (χ4n) is 2.25. The first-order valence-corrected chi connectivity index (χ1v) is 6.99. The molecule has 1 aromatic rings. The summed E-state index contributed by atoms with van der Waals surface area (Å²) in [7, 11) is 0. The minimum Gasteiger partial charge on any atom is -0.464 e. The topological polar surface area (TPSA) is 58.6 Å². The van der Waals surface area contributed by atoms with Gasteiger partial charge >= 0.3 is 12.0 Å². The molecule has 0 aliphatic carbocycles. The van der Waals surface area contributed by atoms with E-state index < -0.39 is 6.04 Å². The van der Waals surface area contributed by atoms with Crippen LogP contribution in [0.15, 0.2) is 24.3 Å². The molecule has 1 N–H and O–H groups in total. The molecule has 0 aromatic heterocycles. The number of urea groups is 1. The van der Waals surface area contributed by atoms with Gasteiger partial charge in [-0.15, -0.1) is 0 Å². The molecule has 1 saturated heterocycles. The molecular formula is C14H17ClN2O3. The van der Waals surface area contributed by atoms with Crippen molar-refractivity contribution in [3.05, 3.63) is 29.3 Å². The molecule has 108 valence electrons. The molecule has 6 heteroatoms. The van der Waals surface area contributed by atoms with Crippen LogP contribution in [-0.4, -0.2) is 36.1 Å². The molecule has 0 radical (unpaired) electrons. The number of benzene rings is 1. The van der Waals surface area contributed by atoms with E-state index in [-0.39, 0.29) is 12.0 Å². The molecule has 0 saturated carbocycles. The maximum absolute atomic E-state index is 12.2. The lowest BCUT2D eigenvalue weighted by Crippen LogP contribution is -2.43. The van der Waals surface area contributed by atoms with Crippen molar-refractivity contribution in [2.45, 2.75) is 25.8 Å². The second kappa shape index (κ2) is 6.61. The van der Waals surface area contributed by atoms with Crippen molar-refractivity contribution in [3.8, 4) is 0 Å². The van der Waals surface area contributed by atoms with E-state index in [1.165, 1.54) is 4.90 Å². The number of anilines is 1. The lowest BCUT2D eigenvalue weighted by molar-refractivity contribution is -0.147. The van der Waals surface area contributed by atoms with Crippen LogP contribution in [0.2, 0.25) is 5.02 Å². The quantitative estimate of drug-likeness (QED) is 0.873. The first-order valence-electron chi connectivity index (χ1n) is 6.61. The Bertz CT molecular complexity index is 507. The molecule has 1 aliphatic rings. The van der Waals surface area contributed by atoms with Gasteiger partial charge in [-0.3, -0.25) is 0 Å². The first kappa shape index (κ1) is 14.7. The van der Waals surface area contributed by atoms with Gasteiger partial charge in [-0.25, -0.2) is 9.59 Å². The van der Waals surface area contributed by atoms with Crippen molar-refractivity contribution < 1.29 is 14.3 Å². The van der Waals surface area contributed by atoms with Gasteiger partial charge < -0.3 is 15.0 Å². The second-order valence-electron chi connectivity index (χ2n) is 4.54. The van der Waals surface area contributed by atoms with Crippen molar-refractivity contribution in [2.75, 3.05) is 18.5 Å². The number of nitrogens with zero attached hydrogens (tertiary/aromatic N) is 1. The zero-order valence-corrected chi connectivity index (χ0v) is 12.0. The van der Waals surface area contributed by atoms with Gasteiger partial charge in [-0.05, 0) is 38.0 Å². The number of likely N-dealkylation sites (tertiary alicyclic amines) is 1. The lowest BCUT2D eigenvalue weighted by atomic mass is 10.2. The van der Waals surface area contributed by atoms with E-state index in [1.54, 1.807) is 31.2 Å². The van der Waals surface area contributed by atoms with E-state index in [9.17, 15) is 9.59 Å². The minimum atomic E-state index is -0.492. The van der Waals surface area contributed by atoms with Crippen molar-refractivity contribution in [1.29, 1.82) is 0 Å². The molecule has 1 heterocycles. The van der Waals surface area contributed by atoms with Gasteiger partial charge in [-0.1, -0.05) is 17.7 Å². The smallest absolute Gasteiger partial charge is 0.328 e. The molecule has 20 heavy (non-hydrogen) atoms. The third-order valence-electron chi connectivity index (χ3n) is 3.15. The number of ether oxygens (including phenoxy) is 1. The highest BCUT2D eigenvalue weighted by Crippen LogP contribution is 2.21. The number of rotatable bonds is 3. The highest BCUT2D eigenvalue weighted by molar-refractivity contribution is 6.30. The summed E-state index contributed by atoms with van der Waals surface area (Å²) < 4.78 is 4.99. The van der Waals surface area contributed by atoms with Crippen LogP contribution in [0.1, 0.15) is 19.8 Å².